The van der Waals surface area contributed by atoms with E-state index in [1.807, 2.05) is 6.92 Å². The SMILES string of the molecule is C.C.CCC(O)C1CCCCCCCC[C]1O. The zero-order valence-electron chi connectivity index (χ0n) is 9.91. The third-order valence-corrected chi connectivity index (χ3v) is 3.51. The number of aliphatic hydroxyl groups is 2. The van der Waals surface area contributed by atoms with Gasteiger partial charge in [-0.3, -0.25) is 0 Å². The van der Waals surface area contributed by atoms with Crippen molar-refractivity contribution < 1.29 is 10.2 Å². The van der Waals surface area contributed by atoms with Gasteiger partial charge in [0.15, 0.2) is 0 Å². The molecule has 2 heteroatoms. The van der Waals surface area contributed by atoms with Gasteiger partial charge in [-0.25, -0.2) is 0 Å². The summed E-state index contributed by atoms with van der Waals surface area (Å²) in [6.07, 6.45) is 10.0. The van der Waals surface area contributed by atoms with Crippen LogP contribution in [0.1, 0.15) is 79.6 Å². The van der Waals surface area contributed by atoms with Crippen LogP contribution in [0.15, 0.2) is 0 Å². The van der Waals surface area contributed by atoms with Gasteiger partial charge in [0, 0.05) is 5.92 Å². The molecule has 0 amide bonds. The molecule has 0 aliphatic heterocycles. The van der Waals surface area contributed by atoms with E-state index in [1.54, 1.807) is 0 Å². The minimum absolute atomic E-state index is 0. The number of hydrogen-bond acceptors (Lipinski definition) is 2. The highest BCUT2D eigenvalue weighted by Crippen LogP contribution is 2.29. The summed E-state index contributed by atoms with van der Waals surface area (Å²) in [6.45, 7) is 1.98. The van der Waals surface area contributed by atoms with Crippen molar-refractivity contribution in [2.24, 2.45) is 5.92 Å². The Hall–Kier alpha value is -0.0800. The molecule has 0 saturated heterocycles. The monoisotopic (exact) mass is 245 g/mol. The first-order valence-electron chi connectivity index (χ1n) is 6.48. The molecule has 0 spiro atoms. The fourth-order valence-corrected chi connectivity index (χ4v) is 2.43. The minimum atomic E-state index is -0.343. The van der Waals surface area contributed by atoms with E-state index in [0.717, 1.165) is 32.1 Å². The third kappa shape index (κ3) is 7.05. The fraction of sp³-hybridized carbons (Fsp3) is 0.933. The van der Waals surface area contributed by atoms with Crippen molar-refractivity contribution in [3.63, 3.8) is 0 Å². The second kappa shape index (κ2) is 11.0. The van der Waals surface area contributed by atoms with E-state index in [-0.39, 0.29) is 26.9 Å². The van der Waals surface area contributed by atoms with Crippen molar-refractivity contribution in [1.82, 2.24) is 0 Å². The number of rotatable bonds is 2. The van der Waals surface area contributed by atoms with Crippen molar-refractivity contribution in [2.45, 2.75) is 85.7 Å². The Morgan fingerprint density at radius 1 is 1.06 bits per heavy atom. The van der Waals surface area contributed by atoms with Crippen LogP contribution in [0, 0.1) is 12.0 Å². The van der Waals surface area contributed by atoms with Gasteiger partial charge >= 0.3 is 0 Å². The molecular weight excluding hydrogens is 212 g/mol. The average Bonchev–Trinajstić information content (AvgIpc) is 2.26. The molecule has 2 N–H and O–H groups in total. The second-order valence-electron chi connectivity index (χ2n) is 4.73. The molecule has 1 aliphatic rings. The molecule has 2 nitrogen and oxygen atoms in total. The summed E-state index contributed by atoms with van der Waals surface area (Å²) in [4.78, 5) is 0. The molecule has 1 rings (SSSR count). The second-order valence-corrected chi connectivity index (χ2v) is 4.73. The first kappa shape index (κ1) is 19.3. The van der Waals surface area contributed by atoms with Crippen LogP contribution in [-0.2, 0) is 0 Å². The predicted molar refractivity (Wildman–Crippen MR) is 75.4 cm³/mol. The summed E-state index contributed by atoms with van der Waals surface area (Å²) in [5.74, 6) is 0.0353. The highest BCUT2D eigenvalue weighted by atomic mass is 16.3. The summed E-state index contributed by atoms with van der Waals surface area (Å²) < 4.78 is 0. The zero-order valence-corrected chi connectivity index (χ0v) is 9.91. The molecule has 17 heavy (non-hydrogen) atoms. The van der Waals surface area contributed by atoms with Crippen molar-refractivity contribution >= 4 is 0 Å². The fourth-order valence-electron chi connectivity index (χ4n) is 2.43. The van der Waals surface area contributed by atoms with Crippen molar-refractivity contribution in [1.29, 1.82) is 0 Å². The Morgan fingerprint density at radius 3 is 2.18 bits per heavy atom. The molecule has 0 bridgehead atoms. The minimum Gasteiger partial charge on any atom is -0.393 e. The molecule has 0 aromatic rings. The quantitative estimate of drug-likeness (QED) is 0.741. The van der Waals surface area contributed by atoms with E-state index in [4.69, 9.17) is 0 Å². The summed E-state index contributed by atoms with van der Waals surface area (Å²) in [5, 5.41) is 19.8. The van der Waals surface area contributed by atoms with Gasteiger partial charge in [0.1, 0.15) is 0 Å². The summed E-state index contributed by atoms with van der Waals surface area (Å²) in [6, 6.07) is 0. The maximum absolute atomic E-state index is 9.95. The van der Waals surface area contributed by atoms with Crippen LogP contribution in [0.4, 0.5) is 0 Å². The van der Waals surface area contributed by atoms with E-state index in [9.17, 15) is 10.2 Å². The predicted octanol–water partition coefficient (Wildman–Crippen LogP) is 4.68. The van der Waals surface area contributed by atoms with E-state index < -0.39 is 0 Å². The average molecular weight is 245 g/mol. The lowest BCUT2D eigenvalue weighted by atomic mass is 9.85. The lowest BCUT2D eigenvalue weighted by Gasteiger charge is -2.27. The highest BCUT2D eigenvalue weighted by molar-refractivity contribution is 4.89. The summed E-state index contributed by atoms with van der Waals surface area (Å²) in [5.41, 5.74) is 0. The molecule has 2 atom stereocenters. The smallest absolute Gasteiger partial charge is 0.0989 e. The van der Waals surface area contributed by atoms with Crippen molar-refractivity contribution in [2.75, 3.05) is 0 Å². The van der Waals surface area contributed by atoms with Gasteiger partial charge in [-0.05, 0) is 19.3 Å². The van der Waals surface area contributed by atoms with Gasteiger partial charge in [0.2, 0.25) is 0 Å². The molecule has 0 aromatic heterocycles. The van der Waals surface area contributed by atoms with E-state index >= 15 is 0 Å². The summed E-state index contributed by atoms with van der Waals surface area (Å²) >= 11 is 0. The molecule has 0 heterocycles. The highest BCUT2D eigenvalue weighted by Gasteiger charge is 2.26. The maximum Gasteiger partial charge on any atom is 0.0989 e. The van der Waals surface area contributed by atoms with Gasteiger partial charge in [0.05, 0.1) is 12.2 Å². The van der Waals surface area contributed by atoms with E-state index in [1.165, 1.54) is 25.7 Å². The van der Waals surface area contributed by atoms with Gasteiger partial charge < -0.3 is 10.2 Å². The van der Waals surface area contributed by atoms with Gasteiger partial charge in [-0.1, -0.05) is 60.3 Å². The van der Waals surface area contributed by atoms with Gasteiger partial charge in [-0.15, -0.1) is 0 Å². The lowest BCUT2D eigenvalue weighted by molar-refractivity contribution is 0.0554. The first-order chi connectivity index (χ1) is 7.25. The molecular formula is C15H33O2. The van der Waals surface area contributed by atoms with Crippen LogP contribution in [0.5, 0.6) is 0 Å². The van der Waals surface area contributed by atoms with Crippen LogP contribution in [0.2, 0.25) is 0 Å². The Balaban J connectivity index is 0. The molecule has 1 aliphatic carbocycles. The van der Waals surface area contributed by atoms with Crippen molar-refractivity contribution in [3.8, 4) is 0 Å². The Bertz CT molecular complexity index is 159. The molecule has 2 unspecified atom stereocenters. The molecule has 1 radical (unpaired) electrons. The number of hydrogen-bond donors (Lipinski definition) is 2. The van der Waals surface area contributed by atoms with E-state index in [0.29, 0.717) is 6.10 Å². The molecule has 105 valence electrons. The largest absolute Gasteiger partial charge is 0.393 e. The van der Waals surface area contributed by atoms with Gasteiger partial charge in [0.25, 0.3) is 0 Å². The first-order valence-corrected chi connectivity index (χ1v) is 6.48. The Labute approximate surface area is 108 Å². The van der Waals surface area contributed by atoms with E-state index in [2.05, 4.69) is 0 Å². The topological polar surface area (TPSA) is 40.5 Å². The standard InChI is InChI=1S/C13H25O2.2CH4/c1-2-12(14)11-9-7-5-3-4-6-8-10-13(11)15;;/h11-12,14-15H,2-10H2,1H3;2*1H4. The van der Waals surface area contributed by atoms with Crippen LogP contribution in [-0.4, -0.2) is 16.3 Å². The lowest BCUT2D eigenvalue weighted by Crippen LogP contribution is -2.26. The molecule has 0 aromatic carbocycles. The Kier molecular flexibility index (Phi) is 12.5. The van der Waals surface area contributed by atoms with Crippen molar-refractivity contribution in [3.05, 3.63) is 6.10 Å². The van der Waals surface area contributed by atoms with Crippen LogP contribution in [0.25, 0.3) is 0 Å². The van der Waals surface area contributed by atoms with Crippen LogP contribution < -0.4 is 0 Å². The van der Waals surface area contributed by atoms with Gasteiger partial charge in [-0.2, -0.15) is 0 Å². The summed E-state index contributed by atoms with van der Waals surface area (Å²) in [7, 11) is 0. The normalized spacial score (nSPS) is 25.2. The molecule has 1 saturated carbocycles. The third-order valence-electron chi connectivity index (χ3n) is 3.51. The number of aliphatic hydroxyl groups excluding tert-OH is 2. The van der Waals surface area contributed by atoms with Crippen LogP contribution in [0.3, 0.4) is 0 Å². The maximum atomic E-state index is 9.95. The zero-order chi connectivity index (χ0) is 11.1. The van der Waals surface area contributed by atoms with Crippen LogP contribution >= 0.6 is 0 Å². The molecule has 1 fully saturated rings. The Morgan fingerprint density at radius 2 is 1.59 bits per heavy atom.